The first-order valence-electron chi connectivity index (χ1n) is 4.39. The second-order valence-electron chi connectivity index (χ2n) is 3.12. The molecule has 0 radical (unpaired) electrons. The van der Waals surface area contributed by atoms with Crippen LogP contribution in [0.1, 0.15) is 10.4 Å². The molecule has 0 bridgehead atoms. The quantitative estimate of drug-likeness (QED) is 0.790. The number of nitrogens with zero attached hydrogens (tertiary/aromatic N) is 2. The van der Waals surface area contributed by atoms with Gasteiger partial charge in [-0.25, -0.2) is 9.07 Å². The highest BCUT2D eigenvalue weighted by Gasteiger charge is 2.16. The lowest BCUT2D eigenvalue weighted by molar-refractivity contribution is 0.112. The maximum atomic E-state index is 13.0. The van der Waals surface area contributed by atoms with Gasteiger partial charge in [0.1, 0.15) is 11.0 Å². The molecule has 0 aliphatic rings. The van der Waals surface area contributed by atoms with Crippen LogP contribution in [0.2, 0.25) is 15.3 Å². The van der Waals surface area contributed by atoms with E-state index < -0.39 is 5.82 Å². The molecule has 0 saturated carbocycles. The Balaban J connectivity index is 2.60. The van der Waals surface area contributed by atoms with Crippen molar-refractivity contribution < 1.29 is 9.18 Å². The van der Waals surface area contributed by atoms with Gasteiger partial charge in [0.2, 0.25) is 0 Å². The first kappa shape index (κ1) is 12.4. The monoisotopic (exact) mass is 292 g/mol. The number of carbonyl (C=O) groups is 1. The summed E-state index contributed by atoms with van der Waals surface area (Å²) < 4.78 is 14.2. The summed E-state index contributed by atoms with van der Waals surface area (Å²) in [6.07, 6.45) is 0.499. The van der Waals surface area contributed by atoms with Gasteiger partial charge >= 0.3 is 0 Å². The van der Waals surface area contributed by atoms with Crippen LogP contribution in [0.15, 0.2) is 18.2 Å². The molecule has 88 valence electrons. The number of hydrogen-bond acceptors (Lipinski definition) is 2. The summed E-state index contributed by atoms with van der Waals surface area (Å²) in [6.45, 7) is 0. The van der Waals surface area contributed by atoms with E-state index in [9.17, 15) is 9.18 Å². The second kappa shape index (κ2) is 4.64. The van der Waals surface area contributed by atoms with Crippen LogP contribution in [0.25, 0.3) is 5.69 Å². The summed E-state index contributed by atoms with van der Waals surface area (Å²) in [5.74, 6) is -0.555. The fourth-order valence-corrected chi connectivity index (χ4v) is 1.97. The molecule has 2 aromatic rings. The Bertz CT molecular complexity index is 597. The Morgan fingerprint density at radius 1 is 1.29 bits per heavy atom. The van der Waals surface area contributed by atoms with Crippen molar-refractivity contribution in [3.63, 3.8) is 0 Å². The van der Waals surface area contributed by atoms with Crippen molar-refractivity contribution in [1.82, 2.24) is 9.78 Å². The van der Waals surface area contributed by atoms with Crippen molar-refractivity contribution in [3.05, 3.63) is 44.9 Å². The van der Waals surface area contributed by atoms with E-state index in [1.54, 1.807) is 0 Å². The smallest absolute Gasteiger partial charge is 0.163 e. The fraction of sp³-hybridized carbons (Fsp3) is 0. The molecule has 17 heavy (non-hydrogen) atoms. The molecule has 0 aliphatic heterocycles. The Hall–Kier alpha value is -1.10. The Labute approximate surface area is 111 Å². The third-order valence-corrected chi connectivity index (χ3v) is 3.02. The summed E-state index contributed by atoms with van der Waals surface area (Å²) in [7, 11) is 0. The molecule has 0 atom stereocenters. The largest absolute Gasteiger partial charge is 0.298 e. The number of carbonyl (C=O) groups excluding carboxylic acids is 1. The van der Waals surface area contributed by atoms with Crippen molar-refractivity contribution in [1.29, 1.82) is 0 Å². The van der Waals surface area contributed by atoms with Crippen LogP contribution in [-0.4, -0.2) is 16.1 Å². The first-order valence-corrected chi connectivity index (χ1v) is 5.52. The highest BCUT2D eigenvalue weighted by atomic mass is 35.5. The van der Waals surface area contributed by atoms with Crippen molar-refractivity contribution in [3.8, 4) is 5.69 Å². The van der Waals surface area contributed by atoms with Gasteiger partial charge in [-0.2, -0.15) is 5.10 Å². The number of aromatic nitrogens is 2. The van der Waals surface area contributed by atoms with E-state index in [1.807, 2.05) is 0 Å². The minimum absolute atomic E-state index is 0.0227. The maximum absolute atomic E-state index is 13.0. The van der Waals surface area contributed by atoms with Crippen LogP contribution in [-0.2, 0) is 0 Å². The molecule has 0 spiro atoms. The third kappa shape index (κ3) is 2.16. The zero-order chi connectivity index (χ0) is 12.6. The minimum Gasteiger partial charge on any atom is -0.298 e. The van der Waals surface area contributed by atoms with Crippen LogP contribution in [0.5, 0.6) is 0 Å². The molecule has 1 aromatic heterocycles. The average molecular weight is 294 g/mol. The van der Waals surface area contributed by atoms with E-state index in [0.29, 0.717) is 12.0 Å². The molecular formula is C10H4Cl3FN2O. The number of rotatable bonds is 2. The normalized spacial score (nSPS) is 10.6. The Kier molecular flexibility index (Phi) is 3.38. The third-order valence-electron chi connectivity index (χ3n) is 2.08. The number of benzene rings is 1. The Morgan fingerprint density at radius 2 is 2.00 bits per heavy atom. The van der Waals surface area contributed by atoms with Crippen LogP contribution in [0, 0.1) is 5.82 Å². The van der Waals surface area contributed by atoms with E-state index in [4.69, 9.17) is 34.8 Å². The summed E-state index contributed by atoms with van der Waals surface area (Å²) in [5, 5.41) is 3.81. The van der Waals surface area contributed by atoms with E-state index >= 15 is 0 Å². The summed E-state index contributed by atoms with van der Waals surface area (Å²) in [5.41, 5.74) is 0.491. The predicted molar refractivity (Wildman–Crippen MR) is 63.9 cm³/mol. The summed E-state index contributed by atoms with van der Waals surface area (Å²) >= 11 is 17.3. The van der Waals surface area contributed by atoms with Gasteiger partial charge in [-0.3, -0.25) is 4.79 Å². The second-order valence-corrected chi connectivity index (χ2v) is 4.25. The SMILES string of the molecule is O=Cc1c(Cl)nn(-c2ccc(F)c(Cl)c2)c1Cl. The predicted octanol–water partition coefficient (Wildman–Crippen LogP) is 3.78. The zero-order valence-electron chi connectivity index (χ0n) is 8.12. The maximum Gasteiger partial charge on any atom is 0.163 e. The zero-order valence-corrected chi connectivity index (χ0v) is 10.4. The highest BCUT2D eigenvalue weighted by molar-refractivity contribution is 6.37. The molecule has 0 amide bonds. The van der Waals surface area contributed by atoms with E-state index in [0.717, 1.165) is 0 Å². The molecule has 1 aromatic carbocycles. The molecule has 2 rings (SSSR count). The van der Waals surface area contributed by atoms with Crippen LogP contribution in [0.3, 0.4) is 0 Å². The molecule has 7 heteroatoms. The summed E-state index contributed by atoms with van der Waals surface area (Å²) in [6, 6.07) is 3.93. The molecule has 0 N–H and O–H groups in total. The van der Waals surface area contributed by atoms with Gasteiger partial charge in [0.25, 0.3) is 0 Å². The van der Waals surface area contributed by atoms with Gasteiger partial charge in [0, 0.05) is 0 Å². The minimum atomic E-state index is -0.555. The van der Waals surface area contributed by atoms with Gasteiger partial charge in [-0.05, 0) is 18.2 Å². The van der Waals surface area contributed by atoms with Gasteiger partial charge < -0.3 is 0 Å². The number of halogens is 4. The molecule has 0 unspecified atom stereocenters. The first-order chi connectivity index (χ1) is 8.04. The standard InChI is InChI=1S/C10H4Cl3FN2O/c11-7-3-5(1-2-8(7)14)16-10(13)6(4-17)9(12)15-16/h1-4H. The van der Waals surface area contributed by atoms with Gasteiger partial charge in [-0.15, -0.1) is 0 Å². The van der Waals surface area contributed by atoms with Crippen LogP contribution < -0.4 is 0 Å². The lowest BCUT2D eigenvalue weighted by Crippen LogP contribution is -1.97. The van der Waals surface area contributed by atoms with E-state index in [-0.39, 0.29) is 20.9 Å². The van der Waals surface area contributed by atoms with Crippen molar-refractivity contribution in [2.24, 2.45) is 0 Å². The van der Waals surface area contributed by atoms with Crippen molar-refractivity contribution in [2.75, 3.05) is 0 Å². The van der Waals surface area contributed by atoms with Gasteiger partial charge in [0.05, 0.1) is 16.3 Å². The molecule has 0 saturated heterocycles. The van der Waals surface area contributed by atoms with Crippen LogP contribution >= 0.6 is 34.8 Å². The highest BCUT2D eigenvalue weighted by Crippen LogP contribution is 2.27. The average Bonchev–Trinajstić information content (AvgIpc) is 2.58. The molecule has 0 fully saturated rings. The van der Waals surface area contributed by atoms with Crippen molar-refractivity contribution >= 4 is 41.1 Å². The molecule has 1 heterocycles. The number of hydrogen-bond donors (Lipinski definition) is 0. The van der Waals surface area contributed by atoms with Gasteiger partial charge in [0.15, 0.2) is 11.4 Å². The lowest BCUT2D eigenvalue weighted by atomic mass is 10.3. The Morgan fingerprint density at radius 3 is 2.53 bits per heavy atom. The van der Waals surface area contributed by atoms with E-state index in [1.165, 1.54) is 22.9 Å². The molecule has 3 nitrogen and oxygen atoms in total. The lowest BCUT2D eigenvalue weighted by Gasteiger charge is -2.03. The van der Waals surface area contributed by atoms with Crippen LogP contribution in [0.4, 0.5) is 4.39 Å². The molecule has 0 aliphatic carbocycles. The molecular weight excluding hydrogens is 289 g/mol. The number of aldehydes is 1. The van der Waals surface area contributed by atoms with Crippen molar-refractivity contribution in [2.45, 2.75) is 0 Å². The van der Waals surface area contributed by atoms with Gasteiger partial charge in [-0.1, -0.05) is 34.8 Å². The van der Waals surface area contributed by atoms with E-state index in [2.05, 4.69) is 5.10 Å². The summed E-state index contributed by atoms with van der Waals surface area (Å²) in [4.78, 5) is 10.7. The fourth-order valence-electron chi connectivity index (χ4n) is 1.27. The topological polar surface area (TPSA) is 34.9 Å².